The molecular formula is C11H22N2S. The summed E-state index contributed by atoms with van der Waals surface area (Å²) < 4.78 is 0. The molecule has 0 saturated carbocycles. The fourth-order valence-corrected chi connectivity index (χ4v) is 2.66. The summed E-state index contributed by atoms with van der Waals surface area (Å²) in [5.74, 6) is 0. The number of nitrogens with two attached hydrogens (primary N) is 1. The maximum absolute atomic E-state index is 5.78. The van der Waals surface area contributed by atoms with Crippen molar-refractivity contribution in [3.05, 3.63) is 0 Å². The van der Waals surface area contributed by atoms with Crippen molar-refractivity contribution >= 4 is 17.2 Å². The average Bonchev–Trinajstić information content (AvgIpc) is 2.33. The van der Waals surface area contributed by atoms with Crippen molar-refractivity contribution in [2.75, 3.05) is 6.54 Å². The van der Waals surface area contributed by atoms with Crippen LogP contribution in [0.15, 0.2) is 0 Å². The summed E-state index contributed by atoms with van der Waals surface area (Å²) in [5.41, 5.74) is 5.78. The first-order valence-electron chi connectivity index (χ1n) is 5.72. The van der Waals surface area contributed by atoms with Gasteiger partial charge in [-0.25, -0.2) is 0 Å². The van der Waals surface area contributed by atoms with Gasteiger partial charge in [0.25, 0.3) is 0 Å². The van der Waals surface area contributed by atoms with Gasteiger partial charge in [-0.15, -0.1) is 0 Å². The van der Waals surface area contributed by atoms with Crippen LogP contribution in [0, 0.1) is 0 Å². The molecule has 0 aliphatic carbocycles. The van der Waals surface area contributed by atoms with Gasteiger partial charge < -0.3 is 5.73 Å². The molecule has 0 bridgehead atoms. The zero-order valence-electron chi connectivity index (χ0n) is 9.33. The highest BCUT2D eigenvalue weighted by atomic mass is 32.1. The van der Waals surface area contributed by atoms with Crippen molar-refractivity contribution in [3.8, 4) is 0 Å². The summed E-state index contributed by atoms with van der Waals surface area (Å²) in [4.78, 5) is 3.16. The molecule has 2 atom stereocenters. The van der Waals surface area contributed by atoms with Crippen LogP contribution < -0.4 is 5.73 Å². The lowest BCUT2D eigenvalue weighted by molar-refractivity contribution is 0.182. The Bertz CT molecular complexity index is 194. The van der Waals surface area contributed by atoms with Crippen molar-refractivity contribution in [2.45, 2.75) is 58.0 Å². The molecule has 0 aromatic heterocycles. The third-order valence-electron chi connectivity index (χ3n) is 3.22. The summed E-state index contributed by atoms with van der Waals surface area (Å²) >= 11 is 5.13. The Kier molecular flexibility index (Phi) is 4.82. The first-order valence-corrected chi connectivity index (χ1v) is 6.12. The Hall–Kier alpha value is -0.150. The molecular weight excluding hydrogens is 192 g/mol. The molecule has 1 rings (SSSR count). The van der Waals surface area contributed by atoms with E-state index in [-0.39, 0.29) is 0 Å². The van der Waals surface area contributed by atoms with Crippen molar-refractivity contribution in [1.82, 2.24) is 4.90 Å². The first kappa shape index (κ1) is 11.9. The normalized spacial score (nSPS) is 26.9. The zero-order chi connectivity index (χ0) is 10.6. The van der Waals surface area contributed by atoms with E-state index >= 15 is 0 Å². The Morgan fingerprint density at radius 1 is 1.50 bits per heavy atom. The summed E-state index contributed by atoms with van der Waals surface area (Å²) in [6.07, 6.45) is 6.34. The summed E-state index contributed by atoms with van der Waals surface area (Å²) in [6.45, 7) is 5.63. The summed E-state index contributed by atoms with van der Waals surface area (Å²) in [6, 6.07) is 0.960. The number of rotatable bonds is 3. The molecule has 0 radical (unpaired) electrons. The van der Waals surface area contributed by atoms with Crippen LogP contribution in [0.4, 0.5) is 0 Å². The van der Waals surface area contributed by atoms with E-state index in [0.717, 1.165) is 13.0 Å². The van der Waals surface area contributed by atoms with E-state index in [9.17, 15) is 0 Å². The van der Waals surface area contributed by atoms with E-state index < -0.39 is 0 Å². The van der Waals surface area contributed by atoms with Gasteiger partial charge in [-0.2, -0.15) is 0 Å². The third-order valence-corrected chi connectivity index (χ3v) is 3.49. The van der Waals surface area contributed by atoms with Gasteiger partial charge >= 0.3 is 0 Å². The number of hydrogen-bond acceptors (Lipinski definition) is 2. The largest absolute Gasteiger partial charge is 0.392 e. The SMILES string of the molecule is CCC(C(N)=S)N1CCCCCC1C. The second-order valence-electron chi connectivity index (χ2n) is 4.26. The van der Waals surface area contributed by atoms with E-state index in [0.29, 0.717) is 17.1 Å². The van der Waals surface area contributed by atoms with Crippen LogP contribution in [0.3, 0.4) is 0 Å². The molecule has 1 saturated heterocycles. The van der Waals surface area contributed by atoms with E-state index in [1.165, 1.54) is 25.7 Å². The van der Waals surface area contributed by atoms with Crippen molar-refractivity contribution in [1.29, 1.82) is 0 Å². The number of thiocarbonyl (C=S) groups is 1. The lowest BCUT2D eigenvalue weighted by atomic mass is 10.1. The minimum atomic E-state index is 0.318. The molecule has 0 amide bonds. The van der Waals surface area contributed by atoms with Gasteiger partial charge in [-0.1, -0.05) is 32.0 Å². The highest BCUT2D eigenvalue weighted by Crippen LogP contribution is 2.20. The second-order valence-corrected chi connectivity index (χ2v) is 4.73. The second kappa shape index (κ2) is 5.66. The van der Waals surface area contributed by atoms with Crippen molar-refractivity contribution in [3.63, 3.8) is 0 Å². The Morgan fingerprint density at radius 3 is 2.79 bits per heavy atom. The van der Waals surface area contributed by atoms with Gasteiger partial charge in [0.05, 0.1) is 11.0 Å². The lowest BCUT2D eigenvalue weighted by Crippen LogP contribution is -2.47. The van der Waals surface area contributed by atoms with Crippen LogP contribution in [0.1, 0.15) is 46.0 Å². The van der Waals surface area contributed by atoms with Crippen LogP contribution in [-0.4, -0.2) is 28.5 Å². The summed E-state index contributed by atoms with van der Waals surface area (Å²) in [7, 11) is 0. The third kappa shape index (κ3) is 2.92. The van der Waals surface area contributed by atoms with Crippen LogP contribution in [-0.2, 0) is 0 Å². The fourth-order valence-electron chi connectivity index (χ4n) is 2.36. The van der Waals surface area contributed by atoms with Gasteiger partial charge in [0.15, 0.2) is 0 Å². The molecule has 82 valence electrons. The zero-order valence-corrected chi connectivity index (χ0v) is 10.1. The molecule has 1 fully saturated rings. The minimum absolute atomic E-state index is 0.318. The van der Waals surface area contributed by atoms with Crippen LogP contribution >= 0.6 is 12.2 Å². The molecule has 1 heterocycles. The van der Waals surface area contributed by atoms with Crippen LogP contribution in [0.5, 0.6) is 0 Å². The molecule has 0 aromatic carbocycles. The smallest absolute Gasteiger partial charge is 0.0902 e. The number of likely N-dealkylation sites (tertiary alicyclic amines) is 1. The standard InChI is InChI=1S/C11H22N2S/c1-3-10(11(12)14)13-8-6-4-5-7-9(13)2/h9-10H,3-8H2,1-2H3,(H2,12,14). The topological polar surface area (TPSA) is 29.3 Å². The van der Waals surface area contributed by atoms with Crippen LogP contribution in [0.25, 0.3) is 0 Å². The molecule has 2 N–H and O–H groups in total. The van der Waals surface area contributed by atoms with Gasteiger partial charge in [0.2, 0.25) is 0 Å². The molecule has 0 aromatic rings. The van der Waals surface area contributed by atoms with Crippen molar-refractivity contribution in [2.24, 2.45) is 5.73 Å². The van der Waals surface area contributed by atoms with E-state index in [2.05, 4.69) is 18.7 Å². The van der Waals surface area contributed by atoms with Crippen LogP contribution in [0.2, 0.25) is 0 Å². The number of hydrogen-bond donors (Lipinski definition) is 1. The Labute approximate surface area is 92.8 Å². The molecule has 0 spiro atoms. The van der Waals surface area contributed by atoms with Gasteiger partial charge in [0, 0.05) is 6.04 Å². The highest BCUT2D eigenvalue weighted by molar-refractivity contribution is 7.80. The molecule has 1 aliphatic heterocycles. The fraction of sp³-hybridized carbons (Fsp3) is 0.909. The van der Waals surface area contributed by atoms with Gasteiger partial charge in [-0.05, 0) is 32.7 Å². The predicted octanol–water partition coefficient (Wildman–Crippen LogP) is 2.32. The Morgan fingerprint density at radius 2 is 2.21 bits per heavy atom. The van der Waals surface area contributed by atoms with E-state index in [1.807, 2.05) is 0 Å². The minimum Gasteiger partial charge on any atom is -0.392 e. The van der Waals surface area contributed by atoms with E-state index in [4.69, 9.17) is 18.0 Å². The molecule has 1 aliphatic rings. The molecule has 3 heteroatoms. The van der Waals surface area contributed by atoms with Gasteiger partial charge in [0.1, 0.15) is 0 Å². The van der Waals surface area contributed by atoms with Crippen molar-refractivity contribution < 1.29 is 0 Å². The maximum atomic E-state index is 5.78. The monoisotopic (exact) mass is 214 g/mol. The average molecular weight is 214 g/mol. The molecule has 2 nitrogen and oxygen atoms in total. The quantitative estimate of drug-likeness (QED) is 0.731. The molecule has 2 unspecified atom stereocenters. The highest BCUT2D eigenvalue weighted by Gasteiger charge is 2.25. The lowest BCUT2D eigenvalue weighted by Gasteiger charge is -2.34. The maximum Gasteiger partial charge on any atom is 0.0902 e. The van der Waals surface area contributed by atoms with Gasteiger partial charge in [-0.3, -0.25) is 4.90 Å². The van der Waals surface area contributed by atoms with E-state index in [1.54, 1.807) is 0 Å². The first-order chi connectivity index (χ1) is 6.66. The predicted molar refractivity (Wildman–Crippen MR) is 65.5 cm³/mol. The molecule has 14 heavy (non-hydrogen) atoms. The Balaban J connectivity index is 2.65. The number of nitrogens with zero attached hydrogens (tertiary/aromatic N) is 1. The summed E-state index contributed by atoms with van der Waals surface area (Å²) in [5, 5.41) is 0.